The number of aromatic nitrogens is 2. The third-order valence-corrected chi connectivity index (χ3v) is 3.18. The quantitative estimate of drug-likeness (QED) is 0.836. The molecule has 0 bridgehead atoms. The van der Waals surface area contributed by atoms with Gasteiger partial charge in [0.2, 0.25) is 4.73 Å². The number of benzene rings is 1. The Bertz CT molecular complexity index is 439. The molecule has 1 heterocycles. The highest BCUT2D eigenvalue weighted by molar-refractivity contribution is 9.10. The van der Waals surface area contributed by atoms with Crippen LogP contribution >= 0.6 is 27.5 Å². The summed E-state index contributed by atoms with van der Waals surface area (Å²) in [4.78, 5) is 4.26. The SMILES string of the molecule is Cc1cccc(Cc2nc(Br)ns2)c1. The van der Waals surface area contributed by atoms with Crippen LogP contribution in [0.1, 0.15) is 16.1 Å². The van der Waals surface area contributed by atoms with Crippen LogP contribution in [0.2, 0.25) is 0 Å². The van der Waals surface area contributed by atoms with Gasteiger partial charge in [0.25, 0.3) is 0 Å². The first-order valence-corrected chi connectivity index (χ1v) is 5.84. The molecule has 0 amide bonds. The second kappa shape index (κ2) is 4.19. The van der Waals surface area contributed by atoms with E-state index < -0.39 is 0 Å². The highest BCUT2D eigenvalue weighted by atomic mass is 79.9. The molecule has 2 nitrogen and oxygen atoms in total. The fourth-order valence-corrected chi connectivity index (χ4v) is 2.43. The largest absolute Gasteiger partial charge is 0.214 e. The average Bonchev–Trinajstić information content (AvgIpc) is 2.51. The van der Waals surface area contributed by atoms with Gasteiger partial charge in [-0.25, -0.2) is 4.98 Å². The normalized spacial score (nSPS) is 10.4. The lowest BCUT2D eigenvalue weighted by atomic mass is 10.1. The molecular weight excluding hydrogens is 260 g/mol. The zero-order chi connectivity index (χ0) is 9.97. The Morgan fingerprint density at radius 3 is 2.93 bits per heavy atom. The smallest absolute Gasteiger partial charge is 0.209 e. The van der Waals surface area contributed by atoms with E-state index in [1.165, 1.54) is 22.7 Å². The van der Waals surface area contributed by atoms with Crippen LogP contribution < -0.4 is 0 Å². The summed E-state index contributed by atoms with van der Waals surface area (Å²) in [5, 5.41) is 1.04. The van der Waals surface area contributed by atoms with Gasteiger partial charge in [-0.05, 0) is 39.9 Å². The van der Waals surface area contributed by atoms with Crippen molar-refractivity contribution >= 4 is 27.5 Å². The van der Waals surface area contributed by atoms with Crippen LogP contribution in [0, 0.1) is 6.92 Å². The minimum absolute atomic E-state index is 0.685. The highest BCUT2D eigenvalue weighted by Gasteiger charge is 2.02. The first-order valence-electron chi connectivity index (χ1n) is 4.27. The van der Waals surface area contributed by atoms with Gasteiger partial charge >= 0.3 is 0 Å². The van der Waals surface area contributed by atoms with Gasteiger partial charge in [0, 0.05) is 6.42 Å². The monoisotopic (exact) mass is 268 g/mol. The maximum absolute atomic E-state index is 4.26. The molecule has 0 aliphatic heterocycles. The van der Waals surface area contributed by atoms with Crippen molar-refractivity contribution in [3.8, 4) is 0 Å². The van der Waals surface area contributed by atoms with E-state index in [0.717, 1.165) is 11.4 Å². The van der Waals surface area contributed by atoms with Gasteiger partial charge in [-0.3, -0.25) is 0 Å². The molecule has 0 saturated carbocycles. The third-order valence-electron chi connectivity index (χ3n) is 1.88. The summed E-state index contributed by atoms with van der Waals surface area (Å²) < 4.78 is 4.77. The minimum Gasteiger partial charge on any atom is -0.214 e. The minimum atomic E-state index is 0.685. The van der Waals surface area contributed by atoms with Crippen LogP contribution in [0.25, 0.3) is 0 Å². The Labute approximate surface area is 95.3 Å². The molecule has 0 radical (unpaired) electrons. The molecule has 0 unspecified atom stereocenters. The van der Waals surface area contributed by atoms with E-state index in [0.29, 0.717) is 4.73 Å². The summed E-state index contributed by atoms with van der Waals surface area (Å²) >= 11 is 4.69. The number of hydrogen-bond acceptors (Lipinski definition) is 3. The van der Waals surface area contributed by atoms with Crippen molar-refractivity contribution in [2.24, 2.45) is 0 Å². The zero-order valence-corrected chi connectivity index (χ0v) is 10.1. The Morgan fingerprint density at radius 2 is 2.29 bits per heavy atom. The van der Waals surface area contributed by atoms with Crippen LogP contribution in [-0.4, -0.2) is 9.36 Å². The number of rotatable bonds is 2. The van der Waals surface area contributed by atoms with Crippen molar-refractivity contribution in [1.29, 1.82) is 0 Å². The van der Waals surface area contributed by atoms with Crippen LogP contribution in [0.5, 0.6) is 0 Å². The number of nitrogens with zero attached hydrogens (tertiary/aromatic N) is 2. The van der Waals surface area contributed by atoms with Crippen LogP contribution in [0.15, 0.2) is 29.0 Å². The second-order valence-corrected chi connectivity index (χ2v) is 4.67. The molecule has 14 heavy (non-hydrogen) atoms. The molecule has 1 aromatic heterocycles. The molecule has 0 saturated heterocycles. The number of aryl methyl sites for hydroxylation is 1. The van der Waals surface area contributed by atoms with Crippen LogP contribution in [-0.2, 0) is 6.42 Å². The third kappa shape index (κ3) is 2.39. The lowest BCUT2D eigenvalue weighted by Crippen LogP contribution is -1.87. The van der Waals surface area contributed by atoms with E-state index in [-0.39, 0.29) is 0 Å². The van der Waals surface area contributed by atoms with Gasteiger partial charge in [0.15, 0.2) is 0 Å². The molecule has 4 heteroatoms. The lowest BCUT2D eigenvalue weighted by Gasteiger charge is -1.98. The van der Waals surface area contributed by atoms with Gasteiger partial charge in [0.05, 0.1) is 0 Å². The molecular formula is C10H9BrN2S. The predicted molar refractivity (Wildman–Crippen MR) is 61.6 cm³/mol. The molecule has 0 fully saturated rings. The molecule has 0 N–H and O–H groups in total. The van der Waals surface area contributed by atoms with E-state index in [9.17, 15) is 0 Å². The Balaban J connectivity index is 2.18. The van der Waals surface area contributed by atoms with Crippen molar-refractivity contribution in [2.45, 2.75) is 13.3 Å². The van der Waals surface area contributed by atoms with E-state index >= 15 is 0 Å². The zero-order valence-electron chi connectivity index (χ0n) is 7.70. The molecule has 0 aliphatic carbocycles. The lowest BCUT2D eigenvalue weighted by molar-refractivity contribution is 1.10. The molecule has 1 aromatic carbocycles. The molecule has 2 rings (SSSR count). The summed E-state index contributed by atoms with van der Waals surface area (Å²) in [6.07, 6.45) is 0.866. The van der Waals surface area contributed by atoms with Gasteiger partial charge in [-0.1, -0.05) is 29.8 Å². The topological polar surface area (TPSA) is 25.8 Å². The van der Waals surface area contributed by atoms with Crippen LogP contribution in [0.4, 0.5) is 0 Å². The maximum Gasteiger partial charge on any atom is 0.209 e. The maximum atomic E-state index is 4.26. The summed E-state index contributed by atoms with van der Waals surface area (Å²) in [5.74, 6) is 0. The highest BCUT2D eigenvalue weighted by Crippen LogP contribution is 2.15. The van der Waals surface area contributed by atoms with E-state index in [2.05, 4.69) is 56.5 Å². The van der Waals surface area contributed by atoms with E-state index in [1.807, 2.05) is 0 Å². The molecule has 0 aliphatic rings. The standard InChI is InChI=1S/C10H9BrN2S/c1-7-3-2-4-8(5-7)6-9-12-10(11)13-14-9/h2-5H,6H2,1H3. The van der Waals surface area contributed by atoms with Gasteiger partial charge in [-0.15, -0.1) is 0 Å². The summed E-state index contributed by atoms with van der Waals surface area (Å²) in [6.45, 7) is 2.10. The van der Waals surface area contributed by atoms with Crippen molar-refractivity contribution in [3.05, 3.63) is 45.1 Å². The molecule has 2 aromatic rings. The van der Waals surface area contributed by atoms with Gasteiger partial charge < -0.3 is 0 Å². The van der Waals surface area contributed by atoms with Crippen molar-refractivity contribution in [2.75, 3.05) is 0 Å². The Hall–Kier alpha value is -0.740. The summed E-state index contributed by atoms with van der Waals surface area (Å²) in [5.41, 5.74) is 2.57. The number of hydrogen-bond donors (Lipinski definition) is 0. The molecule has 0 atom stereocenters. The Morgan fingerprint density at radius 1 is 1.43 bits per heavy atom. The first kappa shape index (κ1) is 9.80. The first-order chi connectivity index (χ1) is 6.74. The summed E-state index contributed by atoms with van der Waals surface area (Å²) in [7, 11) is 0. The van der Waals surface area contributed by atoms with Crippen molar-refractivity contribution in [3.63, 3.8) is 0 Å². The fraction of sp³-hybridized carbons (Fsp3) is 0.200. The average molecular weight is 269 g/mol. The fourth-order valence-electron chi connectivity index (χ4n) is 1.30. The van der Waals surface area contributed by atoms with Gasteiger partial charge in [0.1, 0.15) is 5.01 Å². The Kier molecular flexibility index (Phi) is 2.93. The number of halogens is 1. The molecule has 72 valence electrons. The van der Waals surface area contributed by atoms with E-state index in [4.69, 9.17) is 0 Å². The van der Waals surface area contributed by atoms with Gasteiger partial charge in [-0.2, -0.15) is 4.37 Å². The molecule has 0 spiro atoms. The summed E-state index contributed by atoms with van der Waals surface area (Å²) in [6, 6.07) is 8.46. The predicted octanol–water partition coefficient (Wildman–Crippen LogP) is 3.20. The van der Waals surface area contributed by atoms with Crippen molar-refractivity contribution in [1.82, 2.24) is 9.36 Å². The van der Waals surface area contributed by atoms with Crippen LogP contribution in [0.3, 0.4) is 0 Å². The van der Waals surface area contributed by atoms with E-state index in [1.54, 1.807) is 0 Å². The second-order valence-electron chi connectivity index (χ2n) is 3.12. The van der Waals surface area contributed by atoms with Crippen molar-refractivity contribution < 1.29 is 0 Å².